The summed E-state index contributed by atoms with van der Waals surface area (Å²) in [6, 6.07) is 5.48. The van der Waals surface area contributed by atoms with Gasteiger partial charge in [0.05, 0.1) is 27.1 Å². The van der Waals surface area contributed by atoms with E-state index in [1.807, 2.05) is 22.4 Å². The summed E-state index contributed by atoms with van der Waals surface area (Å²) in [5.41, 5.74) is 1.39. The fourth-order valence-corrected chi connectivity index (χ4v) is 5.70. The molecule has 0 atom stereocenters. The Bertz CT molecular complexity index is 1560. The number of nitrogens with zero attached hydrogens (tertiary/aromatic N) is 6. The van der Waals surface area contributed by atoms with E-state index in [4.69, 9.17) is 28.2 Å². The van der Waals surface area contributed by atoms with Crippen LogP contribution in [0.25, 0.3) is 22.4 Å². The highest BCUT2D eigenvalue weighted by Crippen LogP contribution is 2.34. The molecular weight excluding hydrogens is 511 g/mol. The van der Waals surface area contributed by atoms with Crippen LogP contribution in [-0.2, 0) is 25.4 Å². The number of rotatable bonds is 4. The lowest BCUT2D eigenvalue weighted by molar-refractivity contribution is -0.132. The van der Waals surface area contributed by atoms with Gasteiger partial charge in [0.2, 0.25) is 5.91 Å². The van der Waals surface area contributed by atoms with Crippen LogP contribution in [-0.4, -0.2) is 47.6 Å². The van der Waals surface area contributed by atoms with E-state index in [1.54, 1.807) is 24.5 Å². The molecule has 4 aromatic rings. The van der Waals surface area contributed by atoms with Gasteiger partial charge in [0, 0.05) is 44.0 Å². The Kier molecular flexibility index (Phi) is 6.29. The van der Waals surface area contributed by atoms with Crippen molar-refractivity contribution in [3.63, 3.8) is 0 Å². The molecule has 0 saturated carbocycles. The molecule has 1 aliphatic rings. The summed E-state index contributed by atoms with van der Waals surface area (Å²) in [5, 5.41) is 4.07. The largest absolute Gasteiger partial charge is 0.341 e. The molecule has 0 aliphatic carbocycles. The van der Waals surface area contributed by atoms with Crippen LogP contribution in [0.3, 0.4) is 0 Å². The lowest BCUT2D eigenvalue weighted by Gasteiger charge is -2.31. The summed E-state index contributed by atoms with van der Waals surface area (Å²) in [4.78, 5) is 48.6. The number of aromatic nitrogens is 5. The number of benzene rings is 1. The highest BCUT2D eigenvalue weighted by atomic mass is 35.5. The number of halogens is 2. The average molecular weight is 533 g/mol. The smallest absolute Gasteiger partial charge is 0.332 e. The Morgan fingerprint density at radius 3 is 2.57 bits per heavy atom. The van der Waals surface area contributed by atoms with Crippen LogP contribution < -0.4 is 11.2 Å². The van der Waals surface area contributed by atoms with E-state index < -0.39 is 11.2 Å². The Hall–Kier alpha value is -2.95. The van der Waals surface area contributed by atoms with Crippen molar-refractivity contribution in [2.24, 2.45) is 14.1 Å². The van der Waals surface area contributed by atoms with Crippen molar-refractivity contribution in [1.29, 1.82) is 0 Å². The number of hydrogen-bond acceptors (Lipinski definition) is 6. The molecule has 12 heteroatoms. The average Bonchev–Trinajstić information content (AvgIpc) is 3.51. The highest BCUT2D eigenvalue weighted by Gasteiger charge is 2.27. The van der Waals surface area contributed by atoms with E-state index in [9.17, 15) is 14.4 Å². The molecule has 5 rings (SSSR count). The standard InChI is InChI=1S/C23H22Cl2N6O3S/c1-28-20-19(22(33)29(2)23(28)34)31(12-26-20)10-18(32)30-7-5-13(6-8-30)21-27-17(11-35-21)14-3-4-15(24)16(25)9-14/h3-4,9,11-13H,5-8,10H2,1-2H3. The van der Waals surface area contributed by atoms with E-state index in [1.165, 1.54) is 22.5 Å². The van der Waals surface area contributed by atoms with Gasteiger partial charge in [-0.15, -0.1) is 11.3 Å². The maximum absolute atomic E-state index is 13.0. The quantitative estimate of drug-likeness (QED) is 0.402. The monoisotopic (exact) mass is 532 g/mol. The Balaban J connectivity index is 1.26. The van der Waals surface area contributed by atoms with Crippen molar-refractivity contribution < 1.29 is 4.79 Å². The first kappa shape index (κ1) is 23.8. The predicted octanol–water partition coefficient (Wildman–Crippen LogP) is 3.27. The molecule has 1 aliphatic heterocycles. The number of hydrogen-bond donors (Lipinski definition) is 0. The van der Waals surface area contributed by atoms with Crippen LogP contribution in [0, 0.1) is 0 Å². The number of carbonyl (C=O) groups is 1. The van der Waals surface area contributed by atoms with Crippen LogP contribution in [0.15, 0.2) is 39.5 Å². The van der Waals surface area contributed by atoms with Gasteiger partial charge in [0.1, 0.15) is 6.54 Å². The molecule has 0 spiro atoms. The first-order valence-corrected chi connectivity index (χ1v) is 12.7. The predicted molar refractivity (Wildman–Crippen MR) is 136 cm³/mol. The maximum atomic E-state index is 13.0. The van der Waals surface area contributed by atoms with Crippen LogP contribution >= 0.6 is 34.5 Å². The van der Waals surface area contributed by atoms with Gasteiger partial charge in [-0.05, 0) is 25.0 Å². The van der Waals surface area contributed by atoms with Crippen molar-refractivity contribution >= 4 is 51.6 Å². The zero-order valence-corrected chi connectivity index (χ0v) is 21.4. The van der Waals surface area contributed by atoms with Crippen molar-refractivity contribution in [3.05, 3.63) is 65.8 Å². The van der Waals surface area contributed by atoms with Crippen molar-refractivity contribution in [2.75, 3.05) is 13.1 Å². The molecule has 1 saturated heterocycles. The third-order valence-electron chi connectivity index (χ3n) is 6.46. The second kappa shape index (κ2) is 9.25. The highest BCUT2D eigenvalue weighted by molar-refractivity contribution is 7.10. The summed E-state index contributed by atoms with van der Waals surface area (Å²) in [6.07, 6.45) is 3.05. The molecule has 9 nitrogen and oxygen atoms in total. The number of fused-ring (bicyclic) bond motifs is 1. The summed E-state index contributed by atoms with van der Waals surface area (Å²) >= 11 is 13.8. The third kappa shape index (κ3) is 4.30. The van der Waals surface area contributed by atoms with E-state index in [0.717, 1.165) is 33.7 Å². The zero-order chi connectivity index (χ0) is 24.9. The first-order chi connectivity index (χ1) is 16.7. The molecule has 1 amide bonds. The van der Waals surface area contributed by atoms with Gasteiger partial charge in [-0.3, -0.25) is 18.7 Å². The molecule has 1 fully saturated rings. The number of carbonyl (C=O) groups excluding carboxylic acids is 1. The van der Waals surface area contributed by atoms with Crippen LogP contribution in [0.2, 0.25) is 10.0 Å². The minimum atomic E-state index is -0.464. The summed E-state index contributed by atoms with van der Waals surface area (Å²) in [5.74, 6) is 0.186. The normalized spacial score (nSPS) is 14.7. The molecule has 0 radical (unpaired) electrons. The van der Waals surface area contributed by atoms with E-state index in [2.05, 4.69) is 4.98 Å². The molecule has 4 heterocycles. The second-order valence-electron chi connectivity index (χ2n) is 8.61. The number of thiazole rings is 1. The van der Waals surface area contributed by atoms with Gasteiger partial charge in [-0.25, -0.2) is 14.8 Å². The van der Waals surface area contributed by atoms with Crippen LogP contribution in [0.4, 0.5) is 0 Å². The van der Waals surface area contributed by atoms with E-state index in [-0.39, 0.29) is 29.5 Å². The third-order valence-corrected chi connectivity index (χ3v) is 8.20. The molecular formula is C23H22Cl2N6O3S. The minimum absolute atomic E-state index is 0.00661. The van der Waals surface area contributed by atoms with Crippen molar-refractivity contribution in [1.82, 2.24) is 28.6 Å². The van der Waals surface area contributed by atoms with Crippen molar-refractivity contribution in [3.8, 4) is 11.3 Å². The topological polar surface area (TPSA) is 95.0 Å². The van der Waals surface area contributed by atoms with Gasteiger partial charge >= 0.3 is 5.69 Å². The molecule has 0 bridgehead atoms. The van der Waals surface area contributed by atoms with Crippen molar-refractivity contribution in [2.45, 2.75) is 25.3 Å². The number of likely N-dealkylation sites (tertiary alicyclic amines) is 1. The summed E-state index contributed by atoms with van der Waals surface area (Å²) in [7, 11) is 2.97. The van der Waals surface area contributed by atoms with Gasteiger partial charge in [0.25, 0.3) is 5.56 Å². The Morgan fingerprint density at radius 2 is 1.86 bits per heavy atom. The van der Waals surface area contributed by atoms with Gasteiger partial charge in [-0.2, -0.15) is 0 Å². The van der Waals surface area contributed by atoms with Crippen LogP contribution in [0.5, 0.6) is 0 Å². The maximum Gasteiger partial charge on any atom is 0.332 e. The fraction of sp³-hybridized carbons (Fsp3) is 0.348. The molecule has 182 valence electrons. The van der Waals surface area contributed by atoms with E-state index in [0.29, 0.717) is 23.1 Å². The van der Waals surface area contributed by atoms with Crippen LogP contribution in [0.1, 0.15) is 23.8 Å². The lowest BCUT2D eigenvalue weighted by Crippen LogP contribution is -2.40. The van der Waals surface area contributed by atoms with Gasteiger partial charge in [0.15, 0.2) is 11.2 Å². The van der Waals surface area contributed by atoms with E-state index >= 15 is 0 Å². The molecule has 0 unspecified atom stereocenters. The number of piperidine rings is 1. The lowest BCUT2D eigenvalue weighted by atomic mass is 9.97. The second-order valence-corrected chi connectivity index (χ2v) is 10.3. The molecule has 3 aromatic heterocycles. The number of amides is 1. The summed E-state index contributed by atoms with van der Waals surface area (Å²) < 4.78 is 3.86. The minimum Gasteiger partial charge on any atom is -0.341 e. The van der Waals surface area contributed by atoms with Gasteiger partial charge < -0.3 is 9.47 Å². The Labute approximate surface area is 214 Å². The SMILES string of the molecule is Cn1c(=O)c2c(ncn2CC(=O)N2CCC(c3nc(-c4ccc(Cl)c(Cl)c4)cs3)CC2)n(C)c1=O. The molecule has 1 aromatic carbocycles. The zero-order valence-electron chi connectivity index (χ0n) is 19.1. The number of aryl methyl sites for hydroxylation is 1. The molecule has 0 N–H and O–H groups in total. The first-order valence-electron chi connectivity index (χ1n) is 11.0. The van der Waals surface area contributed by atoms with Gasteiger partial charge in [-0.1, -0.05) is 29.3 Å². The fourth-order valence-electron chi connectivity index (χ4n) is 4.40. The Morgan fingerprint density at radius 1 is 1.11 bits per heavy atom. The number of imidazole rings is 1. The summed E-state index contributed by atoms with van der Waals surface area (Å²) in [6.45, 7) is 1.20. The molecule has 35 heavy (non-hydrogen) atoms.